The summed E-state index contributed by atoms with van der Waals surface area (Å²) in [7, 11) is 0. The van der Waals surface area contributed by atoms with Crippen molar-refractivity contribution in [2.45, 2.75) is 78.1 Å². The third-order valence-corrected chi connectivity index (χ3v) is 8.48. The molecular weight excluding hydrogens is 256 g/mol. The Morgan fingerprint density at radius 2 is 1.81 bits per heavy atom. The zero-order chi connectivity index (χ0) is 14.7. The van der Waals surface area contributed by atoms with Crippen molar-refractivity contribution >= 4 is 5.71 Å². The predicted octanol–water partition coefficient (Wildman–Crippen LogP) is 4.73. The molecule has 4 rings (SSSR count). The molecule has 0 heterocycles. The second-order valence-electron chi connectivity index (χ2n) is 8.97. The van der Waals surface area contributed by atoms with Crippen LogP contribution in [0, 0.1) is 34.5 Å². The maximum atomic E-state index is 5.71. The topological polar surface area (TPSA) is 38.4 Å². The molecule has 6 atom stereocenters. The summed E-state index contributed by atoms with van der Waals surface area (Å²) in [6.07, 6.45) is 14.3. The molecule has 4 fully saturated rings. The van der Waals surface area contributed by atoms with Gasteiger partial charge in [-0.25, -0.2) is 0 Å². The first-order chi connectivity index (χ1) is 10.1. The van der Waals surface area contributed by atoms with E-state index < -0.39 is 0 Å². The first-order valence-corrected chi connectivity index (χ1v) is 9.37. The summed E-state index contributed by atoms with van der Waals surface area (Å²) in [5.41, 5.74) is 2.33. The minimum atomic E-state index is 0.341. The highest BCUT2D eigenvalue weighted by molar-refractivity contribution is 5.92. The van der Waals surface area contributed by atoms with Gasteiger partial charge in [0, 0.05) is 11.1 Å². The summed E-state index contributed by atoms with van der Waals surface area (Å²) < 4.78 is 0. The summed E-state index contributed by atoms with van der Waals surface area (Å²) in [5, 5.41) is 4.20. The molecule has 0 aromatic rings. The van der Waals surface area contributed by atoms with Crippen molar-refractivity contribution in [3.05, 3.63) is 0 Å². The van der Waals surface area contributed by atoms with Gasteiger partial charge in [0.05, 0.1) is 0 Å². The fourth-order valence-corrected chi connectivity index (χ4v) is 7.30. The van der Waals surface area contributed by atoms with Gasteiger partial charge in [0.25, 0.3) is 0 Å². The van der Waals surface area contributed by atoms with Crippen molar-refractivity contribution < 1.29 is 0 Å². The lowest BCUT2D eigenvalue weighted by molar-refractivity contribution is -0.0936. The van der Waals surface area contributed by atoms with Crippen molar-refractivity contribution in [1.29, 1.82) is 0 Å². The van der Waals surface area contributed by atoms with Gasteiger partial charge in [-0.1, -0.05) is 26.7 Å². The van der Waals surface area contributed by atoms with Crippen LogP contribution in [0.25, 0.3) is 0 Å². The minimum Gasteiger partial charge on any atom is -0.323 e. The van der Waals surface area contributed by atoms with Crippen molar-refractivity contribution in [3.63, 3.8) is 0 Å². The van der Waals surface area contributed by atoms with Gasteiger partial charge < -0.3 is 5.84 Å². The number of hydrazone groups is 1. The molecule has 4 aliphatic carbocycles. The smallest absolute Gasteiger partial charge is 0.0437 e. The lowest BCUT2D eigenvalue weighted by Crippen LogP contribution is -2.52. The average Bonchev–Trinajstić information content (AvgIpc) is 2.83. The van der Waals surface area contributed by atoms with E-state index in [-0.39, 0.29) is 0 Å². The van der Waals surface area contributed by atoms with Crippen LogP contribution in [0.5, 0.6) is 0 Å². The van der Waals surface area contributed by atoms with Crippen LogP contribution in [0.2, 0.25) is 0 Å². The maximum absolute atomic E-state index is 5.71. The van der Waals surface area contributed by atoms with Crippen molar-refractivity contribution in [2.75, 3.05) is 0 Å². The largest absolute Gasteiger partial charge is 0.323 e. The van der Waals surface area contributed by atoms with E-state index in [9.17, 15) is 0 Å². The SMILES string of the molecule is CC12CCC3C(CC[C@H]4CCCCC34C)C1CC/C2=N\N. The Hall–Kier alpha value is -0.530. The zero-order valence-corrected chi connectivity index (χ0v) is 13.9. The molecule has 0 aromatic carbocycles. The van der Waals surface area contributed by atoms with Gasteiger partial charge in [-0.3, -0.25) is 0 Å². The number of hydrogen-bond acceptors (Lipinski definition) is 2. The minimum absolute atomic E-state index is 0.341. The van der Waals surface area contributed by atoms with E-state index in [0.29, 0.717) is 10.8 Å². The molecule has 5 unspecified atom stereocenters. The third-order valence-electron chi connectivity index (χ3n) is 8.48. The molecular formula is C19H32N2. The Morgan fingerprint density at radius 3 is 2.62 bits per heavy atom. The second kappa shape index (κ2) is 4.73. The average molecular weight is 288 g/mol. The summed E-state index contributed by atoms with van der Waals surface area (Å²) in [4.78, 5) is 0. The van der Waals surface area contributed by atoms with Crippen LogP contribution in [0.1, 0.15) is 78.1 Å². The molecule has 0 spiro atoms. The molecule has 0 aromatic heterocycles. The van der Waals surface area contributed by atoms with Crippen LogP contribution in [-0.4, -0.2) is 5.71 Å². The van der Waals surface area contributed by atoms with Gasteiger partial charge in [0.2, 0.25) is 0 Å². The lowest BCUT2D eigenvalue weighted by Gasteiger charge is -2.59. The number of rotatable bonds is 0. The quantitative estimate of drug-likeness (QED) is 0.507. The van der Waals surface area contributed by atoms with Gasteiger partial charge in [0.15, 0.2) is 0 Å². The van der Waals surface area contributed by atoms with Crippen LogP contribution >= 0.6 is 0 Å². The number of fused-ring (bicyclic) bond motifs is 5. The van der Waals surface area contributed by atoms with Gasteiger partial charge in [-0.2, -0.15) is 5.10 Å². The van der Waals surface area contributed by atoms with Gasteiger partial charge in [-0.15, -0.1) is 0 Å². The molecule has 0 radical (unpaired) electrons. The highest BCUT2D eigenvalue weighted by Gasteiger charge is 2.58. The van der Waals surface area contributed by atoms with Gasteiger partial charge in [-0.05, 0) is 80.5 Å². The Kier molecular flexibility index (Phi) is 3.17. The van der Waals surface area contributed by atoms with E-state index in [2.05, 4.69) is 18.9 Å². The number of hydrogen-bond donors (Lipinski definition) is 1. The van der Waals surface area contributed by atoms with Crippen LogP contribution in [0.3, 0.4) is 0 Å². The highest BCUT2D eigenvalue weighted by Crippen LogP contribution is 2.65. The summed E-state index contributed by atoms with van der Waals surface area (Å²) in [5.74, 6) is 9.57. The lowest BCUT2D eigenvalue weighted by atomic mass is 9.45. The standard InChI is InChI=1S/C19H32N2/c1-18-11-4-3-5-13(18)6-7-14-15-8-9-17(21-20)19(15,2)12-10-16(14)18/h13-16H,3-12,20H2,1-2H3/b21-17+/t13-,14?,15?,16?,18?,19?/m1/s1. The third kappa shape index (κ3) is 1.80. The molecule has 2 N–H and O–H groups in total. The Bertz CT molecular complexity index is 456. The van der Waals surface area contributed by atoms with E-state index in [1.165, 1.54) is 69.9 Å². The van der Waals surface area contributed by atoms with Gasteiger partial charge >= 0.3 is 0 Å². The summed E-state index contributed by atoms with van der Waals surface area (Å²) in [6, 6.07) is 0. The summed E-state index contributed by atoms with van der Waals surface area (Å²) in [6.45, 7) is 5.13. The van der Waals surface area contributed by atoms with Crippen LogP contribution in [0.15, 0.2) is 5.10 Å². The molecule has 0 bridgehead atoms. The highest BCUT2D eigenvalue weighted by atomic mass is 15.1. The van der Waals surface area contributed by atoms with Crippen LogP contribution in [0.4, 0.5) is 0 Å². The van der Waals surface area contributed by atoms with E-state index >= 15 is 0 Å². The molecule has 0 amide bonds. The Labute approximate surface area is 129 Å². The molecule has 0 aliphatic heterocycles. The van der Waals surface area contributed by atoms with E-state index in [0.717, 1.165) is 23.7 Å². The fourth-order valence-electron chi connectivity index (χ4n) is 7.30. The summed E-state index contributed by atoms with van der Waals surface area (Å²) >= 11 is 0. The Balaban J connectivity index is 1.66. The molecule has 118 valence electrons. The van der Waals surface area contributed by atoms with Crippen molar-refractivity contribution in [2.24, 2.45) is 45.4 Å². The maximum Gasteiger partial charge on any atom is 0.0437 e. The van der Waals surface area contributed by atoms with Crippen molar-refractivity contribution in [1.82, 2.24) is 0 Å². The molecule has 2 nitrogen and oxygen atoms in total. The van der Waals surface area contributed by atoms with Crippen LogP contribution in [-0.2, 0) is 0 Å². The van der Waals surface area contributed by atoms with Crippen molar-refractivity contribution in [3.8, 4) is 0 Å². The predicted molar refractivity (Wildman–Crippen MR) is 88.0 cm³/mol. The number of nitrogens with zero attached hydrogens (tertiary/aromatic N) is 1. The van der Waals surface area contributed by atoms with Gasteiger partial charge in [0.1, 0.15) is 0 Å². The van der Waals surface area contributed by atoms with E-state index in [1.54, 1.807) is 0 Å². The monoisotopic (exact) mass is 288 g/mol. The molecule has 4 aliphatic rings. The fraction of sp³-hybridized carbons (Fsp3) is 0.947. The van der Waals surface area contributed by atoms with E-state index in [1.807, 2.05) is 0 Å². The van der Waals surface area contributed by atoms with Crippen LogP contribution < -0.4 is 5.84 Å². The molecule has 2 heteroatoms. The normalized spacial score (nSPS) is 54.9. The molecule has 0 saturated heterocycles. The Morgan fingerprint density at radius 1 is 0.952 bits per heavy atom. The zero-order valence-electron chi connectivity index (χ0n) is 13.9. The number of nitrogens with two attached hydrogens (primary N) is 1. The second-order valence-corrected chi connectivity index (χ2v) is 8.97. The first kappa shape index (κ1) is 14.1. The molecule has 4 saturated carbocycles. The molecule has 21 heavy (non-hydrogen) atoms. The first-order valence-electron chi connectivity index (χ1n) is 9.37. The van der Waals surface area contributed by atoms with E-state index in [4.69, 9.17) is 5.84 Å².